The van der Waals surface area contributed by atoms with E-state index in [1.165, 1.54) is 0 Å². The van der Waals surface area contributed by atoms with Gasteiger partial charge in [0, 0.05) is 27.8 Å². The molecule has 2 unspecified atom stereocenters. The van der Waals surface area contributed by atoms with Crippen molar-refractivity contribution < 1.29 is 33.4 Å². The fraction of sp³-hybridized carbons (Fsp3) is 0.744. The maximum absolute atomic E-state index is 14.3. The van der Waals surface area contributed by atoms with Crippen molar-refractivity contribution in [1.82, 2.24) is 25.3 Å². The van der Waals surface area contributed by atoms with Gasteiger partial charge >= 0.3 is 0 Å². The standard InChI is InChI=1S/C43H73N5O7S/c1-15-28(6)37(47(12)42(53)35(26(2)3)45-41(52)36(27(4)5)46(10)11)33(54-13)25-34(49)48-23-19-22-32(48)38(55-14)29(7)40(51)44-31(39(50)43(8,9)56)24-30-20-17-16-18-21-30/h16-18,20-21,26-29,31-33,35-38,56H,15,19,22-25H2,1-14H3,(H,44,51)(H,45,52)/t28-,29+,31-,32-,33?,35-,36-,37?,38+/m0/s1. The molecule has 2 N–H and O–H groups in total. The molecular formula is C43H73N5O7S. The molecule has 0 aromatic heterocycles. The smallest absolute Gasteiger partial charge is 0.245 e. The van der Waals surface area contributed by atoms with Crippen LogP contribution in [0.2, 0.25) is 0 Å². The van der Waals surface area contributed by atoms with E-state index in [-0.39, 0.29) is 59.6 Å². The Bertz CT molecular complexity index is 1430. The summed E-state index contributed by atoms with van der Waals surface area (Å²) in [7, 11) is 8.54. The summed E-state index contributed by atoms with van der Waals surface area (Å²) in [5.41, 5.74) is 0.913. The molecule has 1 aromatic carbocycles. The van der Waals surface area contributed by atoms with E-state index in [0.717, 1.165) is 18.4 Å². The lowest BCUT2D eigenvalue weighted by Gasteiger charge is -2.41. The fourth-order valence-corrected chi connectivity index (χ4v) is 8.36. The molecule has 0 aliphatic carbocycles. The number of ketones is 1. The van der Waals surface area contributed by atoms with Crippen LogP contribution in [-0.4, -0.2) is 133 Å². The molecule has 1 aromatic rings. The SMILES string of the molecule is CC[C@H](C)C(C(CC(=O)N1CCC[C@H]1[C@H](OC)[C@@H](C)C(=O)N[C@@H](Cc1ccccc1)C(=O)C(C)(C)S)OC)N(C)C(=O)[C@@H](NC(=O)[C@H](C(C)C)N(C)C)C(C)C. The van der Waals surface area contributed by atoms with E-state index in [9.17, 15) is 24.0 Å². The second-order valence-corrected chi connectivity index (χ2v) is 18.3. The van der Waals surface area contributed by atoms with Crippen molar-refractivity contribution in [3.05, 3.63) is 35.9 Å². The normalized spacial score (nSPS) is 19.2. The molecule has 0 spiro atoms. The van der Waals surface area contributed by atoms with Gasteiger partial charge in [0.1, 0.15) is 6.04 Å². The average molecular weight is 804 g/mol. The molecule has 318 valence electrons. The van der Waals surface area contributed by atoms with Crippen LogP contribution in [0, 0.1) is 23.7 Å². The first-order valence-corrected chi connectivity index (χ1v) is 20.8. The summed E-state index contributed by atoms with van der Waals surface area (Å²) in [6, 6.07) is 6.71. The minimum atomic E-state index is -0.971. The molecule has 9 atom stereocenters. The van der Waals surface area contributed by atoms with Gasteiger partial charge in [-0.3, -0.25) is 28.9 Å². The molecule has 0 saturated carbocycles. The zero-order valence-electron chi connectivity index (χ0n) is 36.6. The fourth-order valence-electron chi connectivity index (χ4n) is 8.20. The van der Waals surface area contributed by atoms with Crippen LogP contribution in [0.15, 0.2) is 30.3 Å². The van der Waals surface area contributed by atoms with Crippen LogP contribution in [0.5, 0.6) is 0 Å². The highest BCUT2D eigenvalue weighted by Crippen LogP contribution is 2.30. The molecule has 1 aliphatic heterocycles. The van der Waals surface area contributed by atoms with Gasteiger partial charge in [0.25, 0.3) is 0 Å². The second kappa shape index (κ2) is 22.2. The first kappa shape index (κ1) is 49.1. The van der Waals surface area contributed by atoms with Crippen molar-refractivity contribution in [2.45, 2.75) is 142 Å². The lowest BCUT2D eigenvalue weighted by molar-refractivity contribution is -0.148. The van der Waals surface area contributed by atoms with Crippen LogP contribution < -0.4 is 10.6 Å². The topological polar surface area (TPSA) is 138 Å². The number of benzene rings is 1. The molecule has 13 heteroatoms. The number of hydrogen-bond donors (Lipinski definition) is 3. The van der Waals surface area contributed by atoms with Crippen LogP contribution in [0.3, 0.4) is 0 Å². The molecule has 1 heterocycles. The summed E-state index contributed by atoms with van der Waals surface area (Å²) in [4.78, 5) is 74.7. The molecule has 4 amide bonds. The Balaban J connectivity index is 2.32. The van der Waals surface area contributed by atoms with Crippen LogP contribution in [0.1, 0.15) is 93.6 Å². The number of hydrogen-bond acceptors (Lipinski definition) is 9. The van der Waals surface area contributed by atoms with Crippen molar-refractivity contribution in [2.75, 3.05) is 41.9 Å². The van der Waals surface area contributed by atoms with Gasteiger partial charge in [-0.15, -0.1) is 0 Å². The Hall–Kier alpha value is -3.00. The van der Waals surface area contributed by atoms with Crippen LogP contribution in [0.4, 0.5) is 0 Å². The lowest BCUT2D eigenvalue weighted by Crippen LogP contribution is -2.59. The zero-order valence-corrected chi connectivity index (χ0v) is 37.5. The number of rotatable bonds is 22. The van der Waals surface area contributed by atoms with Crippen molar-refractivity contribution in [2.24, 2.45) is 23.7 Å². The molecular weight excluding hydrogens is 731 g/mol. The Labute approximate surface area is 342 Å². The lowest BCUT2D eigenvalue weighted by atomic mass is 9.89. The Morgan fingerprint density at radius 2 is 1.52 bits per heavy atom. The maximum Gasteiger partial charge on any atom is 0.245 e. The first-order valence-electron chi connectivity index (χ1n) is 20.3. The minimum Gasteiger partial charge on any atom is -0.379 e. The number of Topliss-reactive ketones (excluding diaryl/α,β-unsaturated/α-hetero) is 1. The summed E-state index contributed by atoms with van der Waals surface area (Å²) < 4.78 is 11.0. The molecule has 1 fully saturated rings. The highest BCUT2D eigenvalue weighted by atomic mass is 32.1. The van der Waals surface area contributed by atoms with Gasteiger partial charge in [0.05, 0.1) is 53.5 Å². The quantitative estimate of drug-likeness (QED) is 0.144. The summed E-state index contributed by atoms with van der Waals surface area (Å²) in [6.07, 6.45) is 1.16. The van der Waals surface area contributed by atoms with E-state index in [1.54, 1.807) is 51.8 Å². The number of thiol groups is 1. The van der Waals surface area contributed by atoms with E-state index in [1.807, 2.05) is 90.9 Å². The van der Waals surface area contributed by atoms with Crippen molar-refractivity contribution in [1.29, 1.82) is 0 Å². The van der Waals surface area contributed by atoms with Crippen molar-refractivity contribution in [3.63, 3.8) is 0 Å². The van der Waals surface area contributed by atoms with Gasteiger partial charge in [-0.25, -0.2) is 0 Å². The Morgan fingerprint density at radius 1 is 0.911 bits per heavy atom. The largest absolute Gasteiger partial charge is 0.379 e. The molecule has 1 aliphatic rings. The van der Waals surface area contributed by atoms with E-state index < -0.39 is 47.0 Å². The molecule has 0 radical (unpaired) electrons. The van der Waals surface area contributed by atoms with E-state index in [0.29, 0.717) is 19.4 Å². The Kier molecular flexibility index (Phi) is 19.5. The second-order valence-electron chi connectivity index (χ2n) is 17.1. The van der Waals surface area contributed by atoms with Crippen molar-refractivity contribution in [3.8, 4) is 0 Å². The predicted octanol–water partition coefficient (Wildman–Crippen LogP) is 4.64. The number of amides is 4. The number of carbonyl (C=O) groups excluding carboxylic acids is 5. The third-order valence-electron chi connectivity index (χ3n) is 11.5. The number of likely N-dealkylation sites (tertiary alicyclic amines) is 1. The van der Waals surface area contributed by atoms with E-state index in [2.05, 4.69) is 23.3 Å². The number of nitrogens with zero attached hydrogens (tertiary/aromatic N) is 3. The maximum atomic E-state index is 14.3. The number of nitrogens with one attached hydrogen (secondary N) is 2. The summed E-state index contributed by atoms with van der Waals surface area (Å²) in [5.74, 6) is -2.00. The first-order chi connectivity index (χ1) is 26.1. The predicted molar refractivity (Wildman–Crippen MR) is 225 cm³/mol. The van der Waals surface area contributed by atoms with Crippen LogP contribution >= 0.6 is 12.6 Å². The summed E-state index contributed by atoms with van der Waals surface area (Å²) >= 11 is 4.52. The van der Waals surface area contributed by atoms with Crippen LogP contribution in [-0.2, 0) is 39.9 Å². The number of likely N-dealkylation sites (N-methyl/N-ethyl adjacent to an activating group) is 2. The number of methoxy groups -OCH3 is 2. The highest BCUT2D eigenvalue weighted by molar-refractivity contribution is 7.82. The molecule has 56 heavy (non-hydrogen) atoms. The van der Waals surface area contributed by atoms with Gasteiger partial charge < -0.3 is 29.9 Å². The summed E-state index contributed by atoms with van der Waals surface area (Å²) in [5, 5.41) is 6.03. The number of carbonyl (C=O) groups is 5. The monoisotopic (exact) mass is 804 g/mol. The third kappa shape index (κ3) is 13.0. The molecule has 0 bridgehead atoms. The molecule has 12 nitrogen and oxygen atoms in total. The van der Waals surface area contributed by atoms with Crippen LogP contribution in [0.25, 0.3) is 0 Å². The molecule has 1 saturated heterocycles. The van der Waals surface area contributed by atoms with Crippen molar-refractivity contribution >= 4 is 42.0 Å². The van der Waals surface area contributed by atoms with Gasteiger partial charge in [0.15, 0.2) is 5.78 Å². The van der Waals surface area contributed by atoms with Gasteiger partial charge in [-0.2, -0.15) is 12.6 Å². The van der Waals surface area contributed by atoms with E-state index in [4.69, 9.17) is 9.47 Å². The molecule has 2 rings (SSSR count). The Morgan fingerprint density at radius 3 is 2.00 bits per heavy atom. The number of ether oxygens (including phenoxy) is 2. The zero-order chi connectivity index (χ0) is 42.7. The van der Waals surface area contributed by atoms with E-state index >= 15 is 0 Å². The van der Waals surface area contributed by atoms with Gasteiger partial charge in [0.2, 0.25) is 23.6 Å². The minimum absolute atomic E-state index is 0.00999. The van der Waals surface area contributed by atoms with Gasteiger partial charge in [-0.1, -0.05) is 85.2 Å². The third-order valence-corrected chi connectivity index (χ3v) is 11.7. The summed E-state index contributed by atoms with van der Waals surface area (Å²) in [6.45, 7) is 17.6. The average Bonchev–Trinajstić information content (AvgIpc) is 3.62. The van der Waals surface area contributed by atoms with Gasteiger partial charge in [-0.05, 0) is 70.5 Å². The highest BCUT2D eigenvalue weighted by Gasteiger charge is 2.44.